The van der Waals surface area contributed by atoms with Gasteiger partial charge in [-0.1, -0.05) is 0 Å². The van der Waals surface area contributed by atoms with Crippen molar-refractivity contribution < 1.29 is 13.2 Å². The Labute approximate surface area is 158 Å². The van der Waals surface area contributed by atoms with E-state index in [-0.39, 0.29) is 12.5 Å². The molecule has 3 heterocycles. The fourth-order valence-corrected chi connectivity index (χ4v) is 4.79. The van der Waals surface area contributed by atoms with Gasteiger partial charge in [0.2, 0.25) is 15.9 Å². The number of H-pyrrole nitrogens is 1. The van der Waals surface area contributed by atoms with Crippen molar-refractivity contribution in [1.82, 2.24) is 24.6 Å². The lowest BCUT2D eigenvalue weighted by molar-refractivity contribution is -0.129. The van der Waals surface area contributed by atoms with Crippen molar-refractivity contribution in [2.24, 2.45) is 11.8 Å². The summed E-state index contributed by atoms with van der Waals surface area (Å²) in [5.41, 5.74) is 0.834. The number of aromatic nitrogens is 3. The third-order valence-electron chi connectivity index (χ3n) is 5.78. The molecule has 0 radical (unpaired) electrons. The first-order chi connectivity index (χ1) is 12.8. The van der Waals surface area contributed by atoms with E-state index in [0.717, 1.165) is 35.9 Å². The lowest BCUT2D eigenvalue weighted by Crippen LogP contribution is -2.40. The molecular weight excluding hydrogens is 368 g/mol. The van der Waals surface area contributed by atoms with Crippen molar-refractivity contribution in [3.8, 4) is 0 Å². The number of carbonyl (C=O) groups is 1. The molecule has 146 valence electrons. The minimum atomic E-state index is -3.35. The molecule has 2 N–H and O–H groups in total. The smallest absolute Gasteiger partial charge is 0.237 e. The molecule has 27 heavy (non-hydrogen) atoms. The lowest BCUT2D eigenvalue weighted by Gasteiger charge is -2.28. The number of amides is 1. The van der Waals surface area contributed by atoms with Crippen LogP contribution >= 0.6 is 0 Å². The molecule has 9 nitrogen and oxygen atoms in total. The van der Waals surface area contributed by atoms with Crippen LogP contribution in [0, 0.1) is 11.8 Å². The maximum absolute atomic E-state index is 12.2. The average molecular weight is 392 g/mol. The molecule has 1 aliphatic heterocycles. The Bertz CT molecular complexity index is 944. The van der Waals surface area contributed by atoms with Crippen LogP contribution < -0.4 is 9.62 Å². The Morgan fingerprint density at radius 1 is 1.33 bits per heavy atom. The molecule has 0 bridgehead atoms. The van der Waals surface area contributed by atoms with Crippen LogP contribution in [0.2, 0.25) is 0 Å². The van der Waals surface area contributed by atoms with Crippen LogP contribution in [0.1, 0.15) is 12.8 Å². The van der Waals surface area contributed by atoms with Gasteiger partial charge >= 0.3 is 0 Å². The monoisotopic (exact) mass is 392 g/mol. The van der Waals surface area contributed by atoms with Crippen LogP contribution in [0.4, 0.5) is 5.82 Å². The number of aromatic amines is 1. The zero-order valence-corrected chi connectivity index (χ0v) is 16.2. The highest BCUT2D eigenvalue weighted by atomic mass is 32.2. The van der Waals surface area contributed by atoms with E-state index in [2.05, 4.69) is 31.6 Å². The second-order valence-electron chi connectivity index (χ2n) is 7.59. The predicted molar refractivity (Wildman–Crippen MR) is 102 cm³/mol. The minimum Gasteiger partial charge on any atom is -0.356 e. The third-order valence-corrected chi connectivity index (χ3v) is 6.45. The number of fused-ring (bicyclic) bond motifs is 2. The molecule has 0 unspecified atom stereocenters. The van der Waals surface area contributed by atoms with Gasteiger partial charge in [0.15, 0.2) is 0 Å². The number of anilines is 1. The number of hydrogen-bond acceptors (Lipinski definition) is 6. The van der Waals surface area contributed by atoms with Crippen LogP contribution in [0.3, 0.4) is 0 Å². The van der Waals surface area contributed by atoms with E-state index in [9.17, 15) is 13.2 Å². The van der Waals surface area contributed by atoms with Crippen molar-refractivity contribution >= 4 is 32.8 Å². The molecule has 10 heteroatoms. The summed E-state index contributed by atoms with van der Waals surface area (Å²) in [7, 11) is -1.28. The second-order valence-corrected chi connectivity index (χ2v) is 9.42. The molecule has 0 aromatic carbocycles. The molecule has 1 saturated heterocycles. The zero-order chi connectivity index (χ0) is 19.2. The SMILES string of the molecule is CN(c1ncnc2[nH]ccc12)[C@H]1C[C@@H]2CN(C(=O)CNS(C)(=O)=O)C[C@@H]2C1. The van der Waals surface area contributed by atoms with Gasteiger partial charge in [0.1, 0.15) is 17.8 Å². The molecule has 2 fully saturated rings. The maximum Gasteiger partial charge on any atom is 0.237 e. The molecule has 1 amide bonds. The number of hydrogen-bond donors (Lipinski definition) is 2. The van der Waals surface area contributed by atoms with E-state index in [0.29, 0.717) is 31.0 Å². The third kappa shape index (κ3) is 3.63. The van der Waals surface area contributed by atoms with Gasteiger partial charge in [-0.3, -0.25) is 4.79 Å². The summed E-state index contributed by atoms with van der Waals surface area (Å²) in [6, 6.07) is 2.37. The number of sulfonamides is 1. The molecule has 2 aromatic heterocycles. The van der Waals surface area contributed by atoms with Crippen LogP contribution in [0.15, 0.2) is 18.6 Å². The van der Waals surface area contributed by atoms with Gasteiger partial charge in [0.25, 0.3) is 0 Å². The first kappa shape index (κ1) is 18.2. The summed E-state index contributed by atoms with van der Waals surface area (Å²) < 4.78 is 24.6. The Morgan fingerprint density at radius 3 is 2.70 bits per heavy atom. The summed E-state index contributed by atoms with van der Waals surface area (Å²) in [6.45, 7) is 1.24. The second kappa shape index (κ2) is 6.75. The number of carbonyl (C=O) groups excluding carboxylic acids is 1. The number of likely N-dealkylation sites (tertiary alicyclic amines) is 1. The van der Waals surface area contributed by atoms with Gasteiger partial charge in [0, 0.05) is 32.4 Å². The van der Waals surface area contributed by atoms with E-state index in [1.807, 2.05) is 12.3 Å². The summed E-state index contributed by atoms with van der Waals surface area (Å²) in [6.07, 6.45) is 6.51. The zero-order valence-electron chi connectivity index (χ0n) is 15.4. The predicted octanol–water partition coefficient (Wildman–Crippen LogP) is 0.180. The van der Waals surface area contributed by atoms with E-state index in [1.165, 1.54) is 0 Å². The Morgan fingerprint density at radius 2 is 2.04 bits per heavy atom. The first-order valence-corrected chi connectivity index (χ1v) is 10.9. The summed E-state index contributed by atoms with van der Waals surface area (Å²) in [4.78, 5) is 28.1. The molecular formula is C17H24N6O3S. The van der Waals surface area contributed by atoms with Crippen LogP contribution in [-0.4, -0.2) is 73.2 Å². The quantitative estimate of drug-likeness (QED) is 0.751. The Balaban J connectivity index is 1.38. The van der Waals surface area contributed by atoms with Gasteiger partial charge in [0.05, 0.1) is 18.2 Å². The molecule has 0 spiro atoms. The molecule has 1 saturated carbocycles. The van der Waals surface area contributed by atoms with E-state index < -0.39 is 10.0 Å². The van der Waals surface area contributed by atoms with Crippen molar-refractivity contribution in [3.05, 3.63) is 18.6 Å². The largest absolute Gasteiger partial charge is 0.356 e. The van der Waals surface area contributed by atoms with E-state index in [1.54, 1.807) is 11.2 Å². The number of rotatable bonds is 5. The van der Waals surface area contributed by atoms with Gasteiger partial charge < -0.3 is 14.8 Å². The molecule has 1 aliphatic carbocycles. The Kier molecular flexibility index (Phi) is 4.55. The summed E-state index contributed by atoms with van der Waals surface area (Å²) in [5, 5.41) is 1.01. The minimum absolute atomic E-state index is 0.149. The van der Waals surface area contributed by atoms with Gasteiger partial charge in [-0.15, -0.1) is 0 Å². The fourth-order valence-electron chi connectivity index (χ4n) is 4.41. The van der Waals surface area contributed by atoms with Gasteiger partial charge in [-0.25, -0.2) is 23.1 Å². The maximum atomic E-state index is 12.2. The van der Waals surface area contributed by atoms with Crippen LogP contribution in [-0.2, 0) is 14.8 Å². The van der Waals surface area contributed by atoms with Gasteiger partial charge in [-0.05, 0) is 30.7 Å². The summed E-state index contributed by atoms with van der Waals surface area (Å²) in [5.74, 6) is 1.67. The average Bonchev–Trinajstić information content (AvgIpc) is 3.31. The number of nitrogens with zero attached hydrogens (tertiary/aromatic N) is 4. The normalized spacial score (nSPS) is 25.1. The topological polar surface area (TPSA) is 111 Å². The lowest BCUT2D eigenvalue weighted by atomic mass is 10.0. The first-order valence-electron chi connectivity index (χ1n) is 9.05. The molecule has 4 rings (SSSR count). The fraction of sp³-hybridized carbons (Fsp3) is 0.588. The van der Waals surface area contributed by atoms with E-state index >= 15 is 0 Å². The van der Waals surface area contributed by atoms with Crippen molar-refractivity contribution in [2.75, 3.05) is 37.8 Å². The van der Waals surface area contributed by atoms with Crippen molar-refractivity contribution in [2.45, 2.75) is 18.9 Å². The van der Waals surface area contributed by atoms with Gasteiger partial charge in [-0.2, -0.15) is 0 Å². The Hall–Kier alpha value is -2.20. The standard InChI is InChI=1S/C17H24N6O3S/c1-22(17-14-3-4-18-16(14)19-10-20-17)13-5-11-8-23(9-12(11)6-13)15(24)7-21-27(2,25)26/h3-4,10-13,21H,5-9H2,1-2H3,(H,18,19,20)/t11-,12+,13+. The highest BCUT2D eigenvalue weighted by molar-refractivity contribution is 7.88. The summed E-state index contributed by atoms with van der Waals surface area (Å²) >= 11 is 0. The van der Waals surface area contributed by atoms with Crippen molar-refractivity contribution in [1.29, 1.82) is 0 Å². The van der Waals surface area contributed by atoms with Crippen LogP contribution in [0.25, 0.3) is 11.0 Å². The molecule has 2 aromatic rings. The molecule has 2 aliphatic rings. The highest BCUT2D eigenvalue weighted by Crippen LogP contribution is 2.41. The number of nitrogens with one attached hydrogen (secondary N) is 2. The highest BCUT2D eigenvalue weighted by Gasteiger charge is 2.43. The van der Waals surface area contributed by atoms with E-state index in [4.69, 9.17) is 0 Å². The molecule has 3 atom stereocenters. The van der Waals surface area contributed by atoms with Crippen molar-refractivity contribution in [3.63, 3.8) is 0 Å². The van der Waals surface area contributed by atoms with Crippen LogP contribution in [0.5, 0.6) is 0 Å².